The Morgan fingerprint density at radius 3 is 2.57 bits per heavy atom. The Bertz CT molecular complexity index is 1570. The van der Waals surface area contributed by atoms with E-state index in [0.29, 0.717) is 35.8 Å². The van der Waals surface area contributed by atoms with Crippen LogP contribution in [0.2, 0.25) is 0 Å². The van der Waals surface area contributed by atoms with Crippen LogP contribution in [0.3, 0.4) is 0 Å². The highest BCUT2D eigenvalue weighted by molar-refractivity contribution is 6.06. The third kappa shape index (κ3) is 6.08. The average Bonchev–Trinajstić information content (AvgIpc) is 3.23. The van der Waals surface area contributed by atoms with E-state index >= 15 is 0 Å². The predicted octanol–water partition coefficient (Wildman–Crippen LogP) is 5.39. The van der Waals surface area contributed by atoms with E-state index in [1.165, 1.54) is 7.11 Å². The standard InChI is InChI=1S/C31H36F3N7O3/c1-30(2)25-19(7-6-8-23(25)37-28(30)43)16-35-26-21(31(32,33)34)17-36-29(39-26)38-22-10-9-20(15-24(22)44-5)41-13-11-18(12-14-41)27(42)40(3)4/h6-10,15,17-18H,11-14,16H2,1-5H3,(H,37,43)(H2,35,36,38,39). The highest BCUT2D eigenvalue weighted by Gasteiger charge is 2.40. The van der Waals surface area contributed by atoms with E-state index in [1.54, 1.807) is 57.1 Å². The van der Waals surface area contributed by atoms with Crippen molar-refractivity contribution in [1.82, 2.24) is 14.9 Å². The Balaban J connectivity index is 1.35. The van der Waals surface area contributed by atoms with Crippen LogP contribution < -0.4 is 25.6 Å². The number of fused-ring (bicyclic) bond motifs is 1. The number of benzene rings is 2. The normalized spacial score (nSPS) is 16.3. The minimum absolute atomic E-state index is 0.00262. The van der Waals surface area contributed by atoms with Gasteiger partial charge in [-0.1, -0.05) is 12.1 Å². The van der Waals surface area contributed by atoms with E-state index in [9.17, 15) is 22.8 Å². The third-order valence-corrected chi connectivity index (χ3v) is 8.21. The van der Waals surface area contributed by atoms with Gasteiger partial charge in [0.05, 0.1) is 18.2 Å². The number of carbonyl (C=O) groups excluding carboxylic acids is 2. The summed E-state index contributed by atoms with van der Waals surface area (Å²) in [5.41, 5.74) is 1.60. The minimum Gasteiger partial charge on any atom is -0.494 e. The Morgan fingerprint density at radius 2 is 1.91 bits per heavy atom. The van der Waals surface area contributed by atoms with Crippen molar-refractivity contribution in [2.24, 2.45) is 5.92 Å². The summed E-state index contributed by atoms with van der Waals surface area (Å²) >= 11 is 0. The monoisotopic (exact) mass is 611 g/mol. The first-order valence-corrected chi connectivity index (χ1v) is 14.3. The molecular weight excluding hydrogens is 575 g/mol. The molecule has 1 aromatic heterocycles. The quantitative estimate of drug-likeness (QED) is 0.311. The smallest absolute Gasteiger partial charge is 0.421 e. The van der Waals surface area contributed by atoms with Crippen molar-refractivity contribution in [2.75, 3.05) is 55.1 Å². The molecule has 3 N–H and O–H groups in total. The molecule has 0 atom stereocenters. The van der Waals surface area contributed by atoms with Crippen LogP contribution in [-0.4, -0.2) is 61.0 Å². The van der Waals surface area contributed by atoms with Crippen molar-refractivity contribution in [3.8, 4) is 5.75 Å². The molecule has 44 heavy (non-hydrogen) atoms. The predicted molar refractivity (Wildman–Crippen MR) is 162 cm³/mol. The number of hydrogen-bond donors (Lipinski definition) is 3. The Morgan fingerprint density at radius 1 is 1.18 bits per heavy atom. The van der Waals surface area contributed by atoms with Gasteiger partial charge in [-0.25, -0.2) is 4.98 Å². The Kier molecular flexibility index (Phi) is 8.32. The van der Waals surface area contributed by atoms with Crippen LogP contribution in [0.5, 0.6) is 5.75 Å². The van der Waals surface area contributed by atoms with Crippen LogP contribution in [0.1, 0.15) is 43.4 Å². The summed E-state index contributed by atoms with van der Waals surface area (Å²) in [6.45, 7) is 4.99. The molecule has 0 saturated carbocycles. The second kappa shape index (κ2) is 11.9. The van der Waals surface area contributed by atoms with Gasteiger partial charge in [-0.2, -0.15) is 18.2 Å². The van der Waals surface area contributed by atoms with Gasteiger partial charge in [0.25, 0.3) is 0 Å². The van der Waals surface area contributed by atoms with Crippen molar-refractivity contribution in [3.05, 3.63) is 59.3 Å². The maximum absolute atomic E-state index is 13.9. The summed E-state index contributed by atoms with van der Waals surface area (Å²) in [7, 11) is 5.04. The zero-order chi connectivity index (χ0) is 31.8. The maximum Gasteiger partial charge on any atom is 0.421 e. The van der Waals surface area contributed by atoms with Gasteiger partial charge in [-0.3, -0.25) is 9.59 Å². The molecule has 10 nitrogen and oxygen atoms in total. The largest absolute Gasteiger partial charge is 0.494 e. The third-order valence-electron chi connectivity index (χ3n) is 8.21. The number of amides is 2. The number of anilines is 5. The van der Waals surface area contributed by atoms with Gasteiger partial charge in [-0.15, -0.1) is 0 Å². The number of carbonyl (C=O) groups is 2. The fourth-order valence-corrected chi connectivity index (χ4v) is 5.80. The summed E-state index contributed by atoms with van der Waals surface area (Å²) in [6, 6.07) is 10.8. The lowest BCUT2D eigenvalue weighted by atomic mass is 9.83. The van der Waals surface area contributed by atoms with Gasteiger partial charge in [0, 0.05) is 63.3 Å². The zero-order valence-electron chi connectivity index (χ0n) is 25.3. The Hall–Kier alpha value is -4.55. The van der Waals surface area contributed by atoms with Crippen molar-refractivity contribution in [3.63, 3.8) is 0 Å². The van der Waals surface area contributed by atoms with E-state index in [1.807, 2.05) is 12.1 Å². The van der Waals surface area contributed by atoms with Gasteiger partial charge in [0.2, 0.25) is 17.8 Å². The second-order valence-corrected chi connectivity index (χ2v) is 11.7. The van der Waals surface area contributed by atoms with Crippen molar-refractivity contribution in [2.45, 2.75) is 44.8 Å². The van der Waals surface area contributed by atoms with Gasteiger partial charge in [-0.05, 0) is 56.0 Å². The van der Waals surface area contributed by atoms with Crippen LogP contribution >= 0.6 is 0 Å². The van der Waals surface area contributed by atoms with Crippen molar-refractivity contribution < 1.29 is 27.5 Å². The van der Waals surface area contributed by atoms with E-state index in [-0.39, 0.29) is 30.2 Å². The van der Waals surface area contributed by atoms with Gasteiger partial charge in [0.15, 0.2) is 0 Å². The number of piperidine rings is 1. The second-order valence-electron chi connectivity index (χ2n) is 11.7. The molecule has 0 spiro atoms. The number of ether oxygens (including phenoxy) is 1. The lowest BCUT2D eigenvalue weighted by molar-refractivity contribution is -0.137. The molecule has 13 heteroatoms. The van der Waals surface area contributed by atoms with Gasteiger partial charge in [0.1, 0.15) is 17.1 Å². The van der Waals surface area contributed by atoms with E-state index in [2.05, 4.69) is 30.8 Å². The first-order chi connectivity index (χ1) is 20.8. The van der Waals surface area contributed by atoms with Gasteiger partial charge < -0.3 is 30.5 Å². The molecule has 0 radical (unpaired) electrons. The molecule has 0 unspecified atom stereocenters. The molecule has 2 aromatic carbocycles. The molecule has 2 amide bonds. The van der Waals surface area contributed by atoms with Crippen LogP contribution in [0.4, 0.5) is 42.0 Å². The topological polar surface area (TPSA) is 112 Å². The molecule has 0 aliphatic carbocycles. The summed E-state index contributed by atoms with van der Waals surface area (Å²) in [5, 5.41) is 8.65. The molecule has 0 bridgehead atoms. The first-order valence-electron chi connectivity index (χ1n) is 14.3. The molecular formula is C31H36F3N7O3. The molecule has 1 saturated heterocycles. The number of methoxy groups -OCH3 is 1. The average molecular weight is 612 g/mol. The molecule has 2 aliphatic heterocycles. The molecule has 2 aliphatic rings. The number of nitrogens with zero attached hydrogens (tertiary/aromatic N) is 4. The van der Waals surface area contributed by atoms with Gasteiger partial charge >= 0.3 is 6.18 Å². The summed E-state index contributed by atoms with van der Waals surface area (Å²) in [5.74, 6) is -0.0222. The lowest BCUT2D eigenvalue weighted by Crippen LogP contribution is -2.40. The van der Waals surface area contributed by atoms with Crippen molar-refractivity contribution >= 4 is 40.6 Å². The number of alkyl halides is 3. The molecule has 234 valence electrons. The van der Waals surface area contributed by atoms with Crippen LogP contribution in [-0.2, 0) is 27.7 Å². The van der Waals surface area contributed by atoms with Crippen LogP contribution in [0, 0.1) is 5.92 Å². The zero-order valence-corrected chi connectivity index (χ0v) is 25.3. The van der Waals surface area contributed by atoms with Crippen LogP contribution in [0.25, 0.3) is 0 Å². The molecule has 3 aromatic rings. The summed E-state index contributed by atoms with van der Waals surface area (Å²) < 4.78 is 47.4. The number of rotatable bonds is 8. The fraction of sp³-hybridized carbons (Fsp3) is 0.419. The van der Waals surface area contributed by atoms with E-state index in [0.717, 1.165) is 30.3 Å². The first kappa shape index (κ1) is 30.9. The summed E-state index contributed by atoms with van der Waals surface area (Å²) in [4.78, 5) is 36.7. The molecule has 1 fully saturated rings. The lowest BCUT2D eigenvalue weighted by Gasteiger charge is -2.34. The molecule has 5 rings (SSSR count). The number of hydrogen-bond acceptors (Lipinski definition) is 8. The SMILES string of the molecule is COc1cc(N2CCC(C(=O)N(C)C)CC2)ccc1Nc1ncc(C(F)(F)F)c(NCc2cccc3c2C(C)(C)C(=O)N3)n1. The number of nitrogens with one attached hydrogen (secondary N) is 3. The van der Waals surface area contributed by atoms with E-state index in [4.69, 9.17) is 4.74 Å². The Labute approximate surface area is 254 Å². The van der Waals surface area contributed by atoms with Crippen LogP contribution in [0.15, 0.2) is 42.6 Å². The summed E-state index contributed by atoms with van der Waals surface area (Å²) in [6.07, 6.45) is -2.47. The highest BCUT2D eigenvalue weighted by Crippen LogP contribution is 2.41. The van der Waals surface area contributed by atoms with E-state index < -0.39 is 23.0 Å². The fourth-order valence-electron chi connectivity index (χ4n) is 5.80. The minimum atomic E-state index is -4.69. The highest BCUT2D eigenvalue weighted by atomic mass is 19.4. The number of aromatic nitrogens is 2. The number of halogens is 3. The molecule has 3 heterocycles. The van der Waals surface area contributed by atoms with Crippen molar-refractivity contribution in [1.29, 1.82) is 0 Å². The maximum atomic E-state index is 13.9.